The molecule has 1 aliphatic heterocycles. The molecule has 3 N–H and O–H groups in total. The van der Waals surface area contributed by atoms with Gasteiger partial charge in [-0.3, -0.25) is 0 Å². The maximum Gasteiger partial charge on any atom is 0.143 e. The Bertz CT molecular complexity index is 879. The Kier molecular flexibility index (Phi) is 2.84. The average molecular weight is 306 g/mol. The minimum Gasteiger partial charge on any atom is -0.366 e. The van der Waals surface area contributed by atoms with Crippen LogP contribution in [-0.4, -0.2) is 28.0 Å². The Morgan fingerprint density at radius 1 is 1.04 bits per heavy atom. The first kappa shape index (κ1) is 13.0. The Labute approximate surface area is 133 Å². The molecule has 2 heterocycles. The van der Waals surface area contributed by atoms with E-state index in [-0.39, 0.29) is 0 Å². The first-order chi connectivity index (χ1) is 11.4. The number of nitrogens with one attached hydrogen (secondary N) is 3. The van der Waals surface area contributed by atoms with Crippen molar-refractivity contribution in [3.8, 4) is 0 Å². The lowest BCUT2D eigenvalue weighted by atomic mass is 10.1. The minimum atomic E-state index is 0.380. The highest BCUT2D eigenvalue weighted by Gasteiger charge is 2.24. The van der Waals surface area contributed by atoms with E-state index in [9.17, 15) is 0 Å². The zero-order valence-electron chi connectivity index (χ0n) is 12.8. The minimum absolute atomic E-state index is 0.380. The maximum absolute atomic E-state index is 4.32. The quantitative estimate of drug-likeness (QED) is 0.654. The number of hydrazine groups is 1. The zero-order valence-corrected chi connectivity index (χ0v) is 12.8. The summed E-state index contributed by atoms with van der Waals surface area (Å²) in [6, 6.07) is 9.04. The second kappa shape index (κ2) is 5.03. The van der Waals surface area contributed by atoms with E-state index in [0.717, 1.165) is 49.1 Å². The SMILES string of the molecule is c1ccc2c(c1)CC(NC1=c3nnnc4c3=C(CC4)CNN1)C2. The predicted molar refractivity (Wildman–Crippen MR) is 86.1 cm³/mol. The van der Waals surface area contributed by atoms with Crippen LogP contribution in [0.4, 0.5) is 0 Å². The number of hydrogen-bond acceptors (Lipinski definition) is 6. The molecule has 0 radical (unpaired) electrons. The molecule has 0 atom stereocenters. The topological polar surface area (TPSA) is 74.8 Å². The molecule has 6 nitrogen and oxygen atoms in total. The Morgan fingerprint density at radius 2 is 1.87 bits per heavy atom. The normalized spacial score (nSPS) is 19.1. The summed E-state index contributed by atoms with van der Waals surface area (Å²) >= 11 is 0. The van der Waals surface area contributed by atoms with Gasteiger partial charge in [-0.2, -0.15) is 0 Å². The molecule has 2 aliphatic carbocycles. The smallest absolute Gasteiger partial charge is 0.143 e. The molecule has 116 valence electrons. The fourth-order valence-electron chi connectivity index (χ4n) is 3.92. The van der Waals surface area contributed by atoms with Crippen molar-refractivity contribution in [1.82, 2.24) is 31.6 Å². The van der Waals surface area contributed by atoms with Crippen molar-refractivity contribution in [2.24, 2.45) is 0 Å². The largest absolute Gasteiger partial charge is 0.366 e. The van der Waals surface area contributed by atoms with Gasteiger partial charge in [0.1, 0.15) is 11.2 Å². The summed E-state index contributed by atoms with van der Waals surface area (Å²) in [6.45, 7) is 0.823. The monoisotopic (exact) mass is 306 g/mol. The van der Waals surface area contributed by atoms with Gasteiger partial charge in [-0.05, 0) is 47.6 Å². The number of rotatable bonds is 2. The number of nitrogens with zero attached hydrogens (tertiary/aromatic N) is 3. The fraction of sp³-hybridized carbons (Fsp3) is 0.353. The maximum atomic E-state index is 4.32. The van der Waals surface area contributed by atoms with Crippen molar-refractivity contribution in [1.29, 1.82) is 0 Å². The molecule has 0 saturated heterocycles. The van der Waals surface area contributed by atoms with E-state index in [2.05, 4.69) is 55.8 Å². The van der Waals surface area contributed by atoms with E-state index in [1.165, 1.54) is 21.9 Å². The predicted octanol–water partition coefficient (Wildman–Crippen LogP) is -1.10. The van der Waals surface area contributed by atoms with Crippen molar-refractivity contribution < 1.29 is 0 Å². The van der Waals surface area contributed by atoms with Crippen LogP contribution in [0.5, 0.6) is 0 Å². The lowest BCUT2D eigenvalue weighted by Crippen LogP contribution is -2.46. The van der Waals surface area contributed by atoms with E-state index in [1.54, 1.807) is 0 Å². The van der Waals surface area contributed by atoms with Gasteiger partial charge in [0.25, 0.3) is 0 Å². The summed E-state index contributed by atoms with van der Waals surface area (Å²) in [5.41, 5.74) is 11.9. The van der Waals surface area contributed by atoms with Crippen molar-refractivity contribution in [2.75, 3.05) is 6.54 Å². The third kappa shape index (κ3) is 2.09. The summed E-state index contributed by atoms with van der Waals surface area (Å²) in [5.74, 6) is 0.922. The molecule has 1 aromatic heterocycles. The molecule has 0 unspecified atom stereocenters. The van der Waals surface area contributed by atoms with Crippen molar-refractivity contribution in [2.45, 2.75) is 31.7 Å². The van der Waals surface area contributed by atoms with Gasteiger partial charge in [0.2, 0.25) is 0 Å². The highest BCUT2D eigenvalue weighted by molar-refractivity contribution is 5.56. The lowest BCUT2D eigenvalue weighted by molar-refractivity contribution is 0.574. The van der Waals surface area contributed by atoms with Crippen LogP contribution in [0.15, 0.2) is 24.3 Å². The molecule has 0 spiro atoms. The van der Waals surface area contributed by atoms with Gasteiger partial charge < -0.3 is 10.7 Å². The highest BCUT2D eigenvalue weighted by atomic mass is 15.4. The molecule has 0 amide bonds. The van der Waals surface area contributed by atoms with Crippen LogP contribution in [0, 0.1) is 0 Å². The van der Waals surface area contributed by atoms with Gasteiger partial charge in [0.05, 0.1) is 5.69 Å². The molecule has 0 saturated carbocycles. The van der Waals surface area contributed by atoms with Gasteiger partial charge >= 0.3 is 0 Å². The Morgan fingerprint density at radius 3 is 2.70 bits per heavy atom. The van der Waals surface area contributed by atoms with Crippen molar-refractivity contribution in [3.63, 3.8) is 0 Å². The summed E-state index contributed by atoms with van der Waals surface area (Å²) in [7, 11) is 0. The summed E-state index contributed by atoms with van der Waals surface area (Å²) in [4.78, 5) is 0. The molecular weight excluding hydrogens is 288 g/mol. The summed E-state index contributed by atoms with van der Waals surface area (Å²) < 4.78 is 0. The molecule has 0 bridgehead atoms. The van der Waals surface area contributed by atoms with Gasteiger partial charge in [-0.25, -0.2) is 5.43 Å². The summed E-state index contributed by atoms with van der Waals surface area (Å²) in [5, 5.41) is 18.2. The van der Waals surface area contributed by atoms with Crippen LogP contribution in [-0.2, 0) is 19.3 Å². The molecular formula is C17H18N6. The van der Waals surface area contributed by atoms with E-state index in [0.29, 0.717) is 6.04 Å². The van der Waals surface area contributed by atoms with E-state index < -0.39 is 0 Å². The van der Waals surface area contributed by atoms with E-state index in [4.69, 9.17) is 0 Å². The third-order valence-corrected chi connectivity index (χ3v) is 5.00. The van der Waals surface area contributed by atoms with Crippen LogP contribution < -0.4 is 26.7 Å². The number of aryl methyl sites for hydroxylation is 1. The van der Waals surface area contributed by atoms with E-state index in [1.807, 2.05) is 0 Å². The third-order valence-electron chi connectivity index (χ3n) is 5.00. The molecule has 23 heavy (non-hydrogen) atoms. The summed E-state index contributed by atoms with van der Waals surface area (Å²) in [6.07, 6.45) is 4.09. The van der Waals surface area contributed by atoms with Crippen LogP contribution in [0.1, 0.15) is 23.2 Å². The van der Waals surface area contributed by atoms with E-state index >= 15 is 0 Å². The molecule has 3 aliphatic rings. The highest BCUT2D eigenvalue weighted by Crippen LogP contribution is 2.22. The fourth-order valence-corrected chi connectivity index (χ4v) is 3.92. The van der Waals surface area contributed by atoms with Crippen molar-refractivity contribution >= 4 is 11.4 Å². The molecule has 5 rings (SSSR count). The standard InChI is InChI=1S/C17H18N6/c1-2-4-11-8-13(7-10(11)3-1)19-17-16-15-12(9-18-22-17)5-6-14(15)20-23-21-16/h1-4,13,18-19,22H,5-9H2. The van der Waals surface area contributed by atoms with Crippen LogP contribution in [0.3, 0.4) is 0 Å². The van der Waals surface area contributed by atoms with Gasteiger partial charge in [-0.15, -0.1) is 10.2 Å². The number of fused-ring (bicyclic) bond motifs is 1. The Hall–Kier alpha value is -2.47. The Balaban J connectivity index is 1.55. The number of benzene rings is 1. The first-order valence-electron chi connectivity index (χ1n) is 8.15. The molecule has 2 aromatic rings. The lowest BCUT2D eigenvalue weighted by Gasteiger charge is -2.17. The van der Waals surface area contributed by atoms with Crippen LogP contribution in [0.25, 0.3) is 11.4 Å². The van der Waals surface area contributed by atoms with Crippen molar-refractivity contribution in [3.05, 3.63) is 51.7 Å². The second-order valence-corrected chi connectivity index (χ2v) is 6.44. The molecule has 6 heteroatoms. The second-order valence-electron chi connectivity index (χ2n) is 6.44. The zero-order chi connectivity index (χ0) is 15.2. The van der Waals surface area contributed by atoms with Gasteiger partial charge in [0.15, 0.2) is 0 Å². The number of aromatic nitrogens is 3. The van der Waals surface area contributed by atoms with Gasteiger partial charge in [0, 0.05) is 17.8 Å². The average Bonchev–Trinajstić information content (AvgIpc) is 3.12. The van der Waals surface area contributed by atoms with Crippen LogP contribution in [0.2, 0.25) is 0 Å². The molecule has 1 aromatic carbocycles. The number of hydrogen-bond donors (Lipinski definition) is 3. The molecule has 0 fully saturated rings. The van der Waals surface area contributed by atoms with Crippen LogP contribution >= 0.6 is 0 Å². The first-order valence-corrected chi connectivity index (χ1v) is 8.15. The van der Waals surface area contributed by atoms with Gasteiger partial charge in [-0.1, -0.05) is 24.3 Å².